The molecule has 0 unspecified atom stereocenters. The van der Waals surface area contributed by atoms with Crippen LogP contribution in [0.2, 0.25) is 10.0 Å². The van der Waals surface area contributed by atoms with E-state index in [1.807, 2.05) is 80.7 Å². The van der Waals surface area contributed by atoms with Crippen LogP contribution >= 0.6 is 23.2 Å². The summed E-state index contributed by atoms with van der Waals surface area (Å²) in [6.07, 6.45) is 4.84. The summed E-state index contributed by atoms with van der Waals surface area (Å²) in [5.74, 6) is 0.136. The fourth-order valence-electron chi connectivity index (χ4n) is 9.36. The van der Waals surface area contributed by atoms with E-state index < -0.39 is 5.97 Å². The fourth-order valence-corrected chi connectivity index (χ4v) is 9.72. The van der Waals surface area contributed by atoms with Crippen LogP contribution in [0.4, 0.5) is 5.69 Å². The maximum atomic E-state index is 15.5. The van der Waals surface area contributed by atoms with Gasteiger partial charge in [-0.25, -0.2) is 4.79 Å². The van der Waals surface area contributed by atoms with Crippen LogP contribution in [0.5, 0.6) is 11.5 Å². The zero-order chi connectivity index (χ0) is 41.9. The lowest BCUT2D eigenvalue weighted by Gasteiger charge is -2.35. The maximum absolute atomic E-state index is 15.5. The van der Waals surface area contributed by atoms with Gasteiger partial charge < -0.3 is 28.6 Å². The minimum atomic E-state index is -1.04. The van der Waals surface area contributed by atoms with Gasteiger partial charge in [0.05, 0.1) is 34.0 Å². The number of carboxylic acids is 1. The number of amides is 1. The number of carbonyl (C=O) groups excluding carboxylic acids is 1. The normalized spacial score (nSPS) is 16.1. The summed E-state index contributed by atoms with van der Waals surface area (Å²) in [6, 6.07) is 13.1. The molecule has 1 atom stereocenters. The average molecular weight is 840 g/mol. The number of piperidine rings is 1. The third-order valence-corrected chi connectivity index (χ3v) is 13.2. The lowest BCUT2D eigenvalue weighted by Crippen LogP contribution is -2.43. The largest absolute Gasteiger partial charge is 0.494 e. The standard InChI is InChI=1S/C46H52Cl2N6O5/c1-26-20-32(21-27(2)41(26)48)58-18-11-12-34-35-13-14-36(47)40(39-29(4)49-51(7)30(39)5)43(35)54-28(3)25-53(45(55)44(34)54)37-24-33(59-19-17-52-15-9-8-10-16-52)22-31-23-38(46(56)57)50(6)42(31)37/h13-14,20-24,28H,8-12,15-19,25H2,1-7H3,(H,56,57)/t28-/m1/s1. The van der Waals surface area contributed by atoms with Gasteiger partial charge in [-0.05, 0) is 120 Å². The first-order chi connectivity index (χ1) is 28.2. The molecule has 1 fully saturated rings. The number of hydrogen-bond donors (Lipinski definition) is 1. The number of likely N-dealkylation sites (tertiary alicyclic amines) is 1. The Hall–Kier alpha value is -4.97. The molecule has 5 heterocycles. The number of ether oxygens (including phenoxy) is 2. The Kier molecular flexibility index (Phi) is 11.2. The highest BCUT2D eigenvalue weighted by Crippen LogP contribution is 2.46. The molecule has 310 valence electrons. The Labute approximate surface area is 355 Å². The van der Waals surface area contributed by atoms with E-state index in [-0.39, 0.29) is 17.6 Å². The third kappa shape index (κ3) is 7.35. The third-order valence-electron chi connectivity index (χ3n) is 12.3. The molecule has 8 rings (SSSR count). The molecule has 0 radical (unpaired) electrons. The number of benzene rings is 3. The number of aryl methyl sites for hydroxylation is 6. The smallest absolute Gasteiger partial charge is 0.352 e. The van der Waals surface area contributed by atoms with Gasteiger partial charge in [0.25, 0.3) is 5.91 Å². The molecule has 1 amide bonds. The zero-order valence-electron chi connectivity index (χ0n) is 34.9. The van der Waals surface area contributed by atoms with E-state index >= 15 is 4.79 Å². The minimum Gasteiger partial charge on any atom is -0.494 e. The molecular weight excluding hydrogens is 787 g/mol. The highest BCUT2D eigenvalue weighted by molar-refractivity contribution is 6.35. The molecule has 1 N–H and O–H groups in total. The lowest BCUT2D eigenvalue weighted by molar-refractivity contribution is 0.0687. The van der Waals surface area contributed by atoms with E-state index in [0.717, 1.165) is 80.5 Å². The number of anilines is 1. The Morgan fingerprint density at radius 3 is 2.27 bits per heavy atom. The van der Waals surface area contributed by atoms with Gasteiger partial charge in [-0.1, -0.05) is 35.7 Å². The number of nitrogens with zero attached hydrogens (tertiary/aromatic N) is 6. The van der Waals surface area contributed by atoms with Crippen molar-refractivity contribution in [2.24, 2.45) is 14.1 Å². The number of hydrogen-bond acceptors (Lipinski definition) is 6. The number of aromatic carboxylic acids is 1. The van der Waals surface area contributed by atoms with Crippen molar-refractivity contribution >= 4 is 62.6 Å². The van der Waals surface area contributed by atoms with Crippen LogP contribution in [0.25, 0.3) is 32.9 Å². The summed E-state index contributed by atoms with van der Waals surface area (Å²) in [4.78, 5) is 32.1. The molecule has 1 saturated heterocycles. The number of carbonyl (C=O) groups is 2. The SMILES string of the molecule is Cc1cc(OCCCc2c3n(c4c(-c5c(C)nn(C)c5C)c(Cl)ccc24)[C@H](C)CN(c2cc(OCCN4CCCCC4)cc4cc(C(=O)O)n(C)c24)C3=O)cc(C)c1Cl. The summed E-state index contributed by atoms with van der Waals surface area (Å²) < 4.78 is 18.4. The number of aromatic nitrogens is 4. The molecule has 2 aliphatic heterocycles. The van der Waals surface area contributed by atoms with Crippen LogP contribution in [0, 0.1) is 27.7 Å². The van der Waals surface area contributed by atoms with Crippen molar-refractivity contribution in [3.05, 3.63) is 92.0 Å². The summed E-state index contributed by atoms with van der Waals surface area (Å²) >= 11 is 13.6. The molecular formula is C46H52Cl2N6O5. The van der Waals surface area contributed by atoms with Crippen LogP contribution in [0.15, 0.2) is 42.5 Å². The van der Waals surface area contributed by atoms with Crippen molar-refractivity contribution in [1.82, 2.24) is 23.8 Å². The van der Waals surface area contributed by atoms with E-state index in [9.17, 15) is 9.90 Å². The molecule has 0 saturated carbocycles. The fraction of sp³-hybridized carbons (Fsp3) is 0.413. The van der Waals surface area contributed by atoms with Crippen LogP contribution in [0.3, 0.4) is 0 Å². The second kappa shape index (κ2) is 16.2. The lowest BCUT2D eigenvalue weighted by atomic mass is 9.98. The van der Waals surface area contributed by atoms with E-state index in [4.69, 9.17) is 37.8 Å². The number of rotatable bonds is 12. The van der Waals surface area contributed by atoms with Crippen molar-refractivity contribution in [3.8, 4) is 22.6 Å². The van der Waals surface area contributed by atoms with Gasteiger partial charge in [0.15, 0.2) is 0 Å². The summed E-state index contributed by atoms with van der Waals surface area (Å²) in [7, 11) is 3.67. The molecule has 6 aromatic rings. The van der Waals surface area contributed by atoms with E-state index in [1.54, 1.807) is 17.7 Å². The predicted molar refractivity (Wildman–Crippen MR) is 235 cm³/mol. The quantitative estimate of drug-likeness (QED) is 0.122. The summed E-state index contributed by atoms with van der Waals surface area (Å²) in [5.41, 5.74) is 9.35. The van der Waals surface area contributed by atoms with Crippen molar-refractivity contribution in [2.45, 2.75) is 72.8 Å². The van der Waals surface area contributed by atoms with Crippen LogP contribution in [-0.4, -0.2) is 80.2 Å². The molecule has 2 aliphatic rings. The zero-order valence-corrected chi connectivity index (χ0v) is 36.4. The molecule has 0 bridgehead atoms. The first kappa shape index (κ1) is 40.8. The monoisotopic (exact) mass is 838 g/mol. The van der Waals surface area contributed by atoms with Gasteiger partial charge in [-0.3, -0.25) is 14.4 Å². The second-order valence-corrected chi connectivity index (χ2v) is 17.1. The Bertz CT molecular complexity index is 2610. The van der Waals surface area contributed by atoms with Gasteiger partial charge in [0.1, 0.15) is 29.5 Å². The van der Waals surface area contributed by atoms with Crippen LogP contribution in [-0.2, 0) is 20.5 Å². The molecule has 0 spiro atoms. The second-order valence-electron chi connectivity index (χ2n) is 16.3. The predicted octanol–water partition coefficient (Wildman–Crippen LogP) is 9.87. The highest BCUT2D eigenvalue weighted by atomic mass is 35.5. The topological polar surface area (TPSA) is 107 Å². The Morgan fingerprint density at radius 2 is 1.59 bits per heavy atom. The van der Waals surface area contributed by atoms with E-state index in [2.05, 4.69) is 16.4 Å². The molecule has 59 heavy (non-hydrogen) atoms. The van der Waals surface area contributed by atoms with Crippen molar-refractivity contribution in [2.75, 3.05) is 44.3 Å². The van der Waals surface area contributed by atoms with Gasteiger partial charge in [-0.2, -0.15) is 5.10 Å². The van der Waals surface area contributed by atoms with Gasteiger partial charge in [-0.15, -0.1) is 0 Å². The maximum Gasteiger partial charge on any atom is 0.352 e. The van der Waals surface area contributed by atoms with Crippen molar-refractivity contribution in [3.63, 3.8) is 0 Å². The summed E-state index contributed by atoms with van der Waals surface area (Å²) in [5, 5.41) is 17.9. The molecule has 11 nitrogen and oxygen atoms in total. The molecule has 0 aliphatic carbocycles. The van der Waals surface area contributed by atoms with E-state index in [1.165, 1.54) is 19.3 Å². The van der Waals surface area contributed by atoms with Crippen molar-refractivity contribution < 1.29 is 24.2 Å². The average Bonchev–Trinajstić information content (AvgIpc) is 3.81. The van der Waals surface area contributed by atoms with Crippen LogP contribution < -0.4 is 14.4 Å². The van der Waals surface area contributed by atoms with Gasteiger partial charge in [0, 0.05) is 71.9 Å². The molecule has 3 aromatic heterocycles. The van der Waals surface area contributed by atoms with Gasteiger partial charge >= 0.3 is 5.97 Å². The first-order valence-electron chi connectivity index (χ1n) is 20.5. The number of fused-ring (bicyclic) bond motifs is 4. The first-order valence-corrected chi connectivity index (χ1v) is 21.3. The van der Waals surface area contributed by atoms with Crippen molar-refractivity contribution in [1.29, 1.82) is 0 Å². The van der Waals surface area contributed by atoms with Gasteiger partial charge in [0.2, 0.25) is 0 Å². The minimum absolute atomic E-state index is 0.131. The Balaban J connectivity index is 1.24. The highest BCUT2D eigenvalue weighted by Gasteiger charge is 2.38. The number of halogens is 2. The summed E-state index contributed by atoms with van der Waals surface area (Å²) in [6.45, 7) is 14.3. The van der Waals surface area contributed by atoms with E-state index in [0.29, 0.717) is 65.7 Å². The number of carboxylic acid groups (broad SMARTS) is 1. The van der Waals surface area contributed by atoms with Crippen LogP contribution in [0.1, 0.15) is 87.7 Å². The Morgan fingerprint density at radius 1 is 0.898 bits per heavy atom. The molecule has 3 aromatic carbocycles. The molecule has 13 heteroatoms.